The number of hydrogen-bond donors (Lipinski definition) is 0. The predicted octanol–water partition coefficient (Wildman–Crippen LogP) is 7.24. The molecule has 0 radical (unpaired) electrons. The molecular formula is C29H9BF15S-. The molecule has 17 heteroatoms. The van der Waals surface area contributed by atoms with Crippen molar-refractivity contribution in [3.8, 4) is 0 Å². The van der Waals surface area contributed by atoms with Gasteiger partial charge in [-0.2, -0.15) is 5.46 Å². The van der Waals surface area contributed by atoms with Crippen LogP contribution in [0.3, 0.4) is 0 Å². The Labute approximate surface area is 250 Å². The lowest BCUT2D eigenvalue weighted by molar-refractivity contribution is 0.380. The molecule has 1 aromatic heterocycles. The number of halogens is 15. The normalized spacial score (nSPS) is 13.7. The SMILES string of the molecule is Fc1c(F)c(F)c([B-](c2c(F)c(F)c(F)c(F)c2F)(c2c(F)c(F)c(F)c(F)c2F)c2c(C3CC3)sc3ccccc23)c(F)c1F. The lowest BCUT2D eigenvalue weighted by Crippen LogP contribution is -2.80. The van der Waals surface area contributed by atoms with Crippen LogP contribution in [0.15, 0.2) is 24.3 Å². The molecule has 0 saturated heterocycles. The molecule has 240 valence electrons. The van der Waals surface area contributed by atoms with Crippen molar-refractivity contribution in [2.75, 3.05) is 0 Å². The number of hydrogen-bond acceptors (Lipinski definition) is 1. The second-order valence-electron chi connectivity index (χ2n) is 10.5. The third-order valence-corrected chi connectivity index (χ3v) is 9.42. The van der Waals surface area contributed by atoms with E-state index in [0.29, 0.717) is 11.3 Å². The van der Waals surface area contributed by atoms with Gasteiger partial charge in [0.15, 0.2) is 52.4 Å². The van der Waals surface area contributed by atoms with E-state index >= 15 is 26.3 Å². The third kappa shape index (κ3) is 4.05. The maximum absolute atomic E-state index is 16.0. The standard InChI is InChI=1S/C29H9BF15S/c31-14-11(15(32)21(38)26(43)20(14)37)30(12-16(33)22(39)27(44)23(40)17(12)34,13-18(35)24(41)28(45)25(42)19(13)36)10-8-3-1-2-4-9(8)46-29(10)7-5-6-7/h1-4,7H,5-6H2/q-1. The number of benzene rings is 4. The Balaban J connectivity index is 2.09. The zero-order valence-electron chi connectivity index (χ0n) is 22.0. The average Bonchev–Trinajstić information content (AvgIpc) is 3.82. The van der Waals surface area contributed by atoms with Gasteiger partial charge in [-0.25, -0.2) is 65.9 Å². The molecule has 0 atom stereocenters. The summed E-state index contributed by atoms with van der Waals surface area (Å²) in [6.45, 7) is 0. The van der Waals surface area contributed by atoms with Crippen LogP contribution in [0.4, 0.5) is 65.9 Å². The van der Waals surface area contributed by atoms with Crippen molar-refractivity contribution >= 4 is 49.4 Å². The van der Waals surface area contributed by atoms with Gasteiger partial charge in [-0.3, -0.25) is 0 Å². The summed E-state index contributed by atoms with van der Waals surface area (Å²) in [5, 5.41) is -0.550. The molecule has 0 N–H and O–H groups in total. The van der Waals surface area contributed by atoms with Gasteiger partial charge in [0.1, 0.15) is 41.0 Å². The zero-order chi connectivity index (χ0) is 33.7. The number of rotatable bonds is 5. The van der Waals surface area contributed by atoms with Crippen LogP contribution in [0, 0.1) is 87.3 Å². The molecule has 5 aromatic rings. The molecule has 1 fully saturated rings. The van der Waals surface area contributed by atoms with Gasteiger partial charge in [-0.05, 0) is 35.1 Å². The summed E-state index contributed by atoms with van der Waals surface area (Å²) in [5.74, 6) is -45.9. The van der Waals surface area contributed by atoms with Crippen LogP contribution in [-0.2, 0) is 0 Å². The molecule has 0 bridgehead atoms. The van der Waals surface area contributed by atoms with E-state index in [1.165, 1.54) is 12.1 Å². The Hall–Kier alpha value is -4.15. The molecule has 46 heavy (non-hydrogen) atoms. The van der Waals surface area contributed by atoms with Crippen LogP contribution in [0.5, 0.6) is 0 Å². The number of fused-ring (bicyclic) bond motifs is 1. The van der Waals surface area contributed by atoms with Crippen molar-refractivity contribution in [2.24, 2.45) is 0 Å². The van der Waals surface area contributed by atoms with Crippen molar-refractivity contribution in [1.29, 1.82) is 0 Å². The summed E-state index contributed by atoms with van der Waals surface area (Å²) in [4.78, 5) is -0.377. The highest BCUT2D eigenvalue weighted by molar-refractivity contribution is 7.27. The van der Waals surface area contributed by atoms with Gasteiger partial charge in [0.05, 0.1) is 0 Å². The summed E-state index contributed by atoms with van der Waals surface area (Å²) < 4.78 is 228. The minimum atomic E-state index is -5.80. The molecular weight excluding hydrogens is 676 g/mol. The van der Waals surface area contributed by atoms with Crippen LogP contribution in [-0.4, -0.2) is 6.15 Å². The van der Waals surface area contributed by atoms with Crippen LogP contribution < -0.4 is 21.9 Å². The van der Waals surface area contributed by atoms with Crippen LogP contribution in [0.1, 0.15) is 23.6 Å². The monoisotopic (exact) mass is 685 g/mol. The quantitative estimate of drug-likeness (QED) is 0.0793. The largest absolute Gasteiger partial charge is 0.207 e. The van der Waals surface area contributed by atoms with Gasteiger partial charge in [0.25, 0.3) is 0 Å². The Morgan fingerprint density at radius 1 is 0.413 bits per heavy atom. The summed E-state index contributed by atoms with van der Waals surface area (Å²) in [7, 11) is 0. The molecule has 1 aliphatic carbocycles. The molecule has 1 aliphatic rings. The van der Waals surface area contributed by atoms with Crippen molar-refractivity contribution in [2.45, 2.75) is 18.8 Å². The van der Waals surface area contributed by atoms with E-state index in [4.69, 9.17) is 0 Å². The second kappa shape index (κ2) is 10.7. The van der Waals surface area contributed by atoms with Gasteiger partial charge >= 0.3 is 0 Å². The van der Waals surface area contributed by atoms with E-state index in [0.717, 1.165) is 12.1 Å². The Bertz CT molecular complexity index is 1880. The summed E-state index contributed by atoms with van der Waals surface area (Å²) >= 11 is 0.571. The molecule has 0 nitrogen and oxygen atoms in total. The zero-order valence-corrected chi connectivity index (χ0v) is 22.8. The van der Waals surface area contributed by atoms with E-state index in [2.05, 4.69) is 0 Å². The first-order valence-corrected chi connectivity index (χ1v) is 13.6. The highest BCUT2D eigenvalue weighted by Crippen LogP contribution is 2.45. The van der Waals surface area contributed by atoms with Crippen molar-refractivity contribution in [3.05, 3.63) is 116 Å². The first-order valence-electron chi connectivity index (χ1n) is 12.8. The van der Waals surface area contributed by atoms with E-state index in [1.54, 1.807) is 0 Å². The summed E-state index contributed by atoms with van der Waals surface area (Å²) in [5.41, 5.74) is -9.03. The molecule has 6 rings (SSSR count). The summed E-state index contributed by atoms with van der Waals surface area (Å²) in [6.07, 6.45) is -5.59. The third-order valence-electron chi connectivity index (χ3n) is 8.07. The van der Waals surface area contributed by atoms with E-state index in [-0.39, 0.29) is 22.4 Å². The van der Waals surface area contributed by atoms with Crippen molar-refractivity contribution in [3.63, 3.8) is 0 Å². The Kier molecular flexibility index (Phi) is 7.41. The van der Waals surface area contributed by atoms with E-state index in [9.17, 15) is 39.5 Å². The topological polar surface area (TPSA) is 0 Å². The van der Waals surface area contributed by atoms with Gasteiger partial charge in [-0.1, -0.05) is 18.2 Å². The van der Waals surface area contributed by atoms with Crippen molar-refractivity contribution in [1.82, 2.24) is 0 Å². The molecule has 0 amide bonds. The minimum Gasteiger partial charge on any atom is -0.207 e. The number of thiophene rings is 1. The molecule has 4 aromatic carbocycles. The Morgan fingerprint density at radius 2 is 0.717 bits per heavy atom. The van der Waals surface area contributed by atoms with Crippen LogP contribution in [0.25, 0.3) is 10.1 Å². The van der Waals surface area contributed by atoms with E-state index in [1.807, 2.05) is 0 Å². The molecule has 0 spiro atoms. The molecule has 0 unspecified atom stereocenters. The second-order valence-corrected chi connectivity index (χ2v) is 11.6. The lowest BCUT2D eigenvalue weighted by atomic mass is 9.12. The van der Waals surface area contributed by atoms with Gasteiger partial charge < -0.3 is 0 Å². The maximum Gasteiger partial charge on any atom is 0.200 e. The van der Waals surface area contributed by atoms with Crippen molar-refractivity contribution < 1.29 is 65.9 Å². The van der Waals surface area contributed by atoms with Gasteiger partial charge in [0.2, 0.25) is 0 Å². The lowest BCUT2D eigenvalue weighted by Gasteiger charge is -2.45. The fraction of sp³-hybridized carbons (Fsp3) is 0.103. The van der Waals surface area contributed by atoms with E-state index < -0.39 is 127 Å². The fourth-order valence-electron chi connectivity index (χ4n) is 6.05. The fourth-order valence-corrected chi connectivity index (χ4v) is 7.52. The predicted molar refractivity (Wildman–Crippen MR) is 137 cm³/mol. The highest BCUT2D eigenvalue weighted by Gasteiger charge is 2.51. The van der Waals surface area contributed by atoms with Gasteiger partial charge in [-0.15, -0.1) is 27.7 Å². The first-order chi connectivity index (χ1) is 21.6. The minimum absolute atomic E-state index is 0.0812. The average molecular weight is 685 g/mol. The van der Waals surface area contributed by atoms with Crippen LogP contribution >= 0.6 is 11.3 Å². The Morgan fingerprint density at radius 3 is 1.04 bits per heavy atom. The maximum atomic E-state index is 16.0. The first kappa shape index (κ1) is 31.8. The summed E-state index contributed by atoms with van der Waals surface area (Å²) in [6, 6.07) is 4.54. The molecule has 0 aliphatic heterocycles. The molecule has 1 heterocycles. The van der Waals surface area contributed by atoms with Gasteiger partial charge in [0, 0.05) is 4.70 Å². The van der Waals surface area contributed by atoms with Crippen LogP contribution in [0.2, 0.25) is 0 Å². The smallest absolute Gasteiger partial charge is 0.200 e. The highest BCUT2D eigenvalue weighted by atomic mass is 32.1. The molecule has 1 saturated carbocycles.